The first-order valence-electron chi connectivity index (χ1n) is 9.23. The maximum absolute atomic E-state index is 12.6. The third kappa shape index (κ3) is 4.73. The van der Waals surface area contributed by atoms with Crippen molar-refractivity contribution in [3.63, 3.8) is 0 Å². The maximum Gasteiger partial charge on any atom is 0.235 e. The van der Waals surface area contributed by atoms with Gasteiger partial charge in [-0.1, -0.05) is 31.4 Å². The van der Waals surface area contributed by atoms with E-state index in [2.05, 4.69) is 16.3 Å². The van der Waals surface area contributed by atoms with Crippen LogP contribution < -0.4 is 10.1 Å². The molecule has 134 valence electrons. The molecule has 1 aromatic rings. The highest BCUT2D eigenvalue weighted by atomic mass is 16.5. The number of nitrogens with one attached hydrogen (secondary N) is 1. The van der Waals surface area contributed by atoms with Crippen LogP contribution in [0.25, 0.3) is 0 Å². The van der Waals surface area contributed by atoms with E-state index in [0.717, 1.165) is 57.2 Å². The van der Waals surface area contributed by atoms with Gasteiger partial charge in [0.05, 0.1) is 19.7 Å². The highest BCUT2D eigenvalue weighted by molar-refractivity contribution is 5.79. The Balaban J connectivity index is 1.59. The molecule has 0 radical (unpaired) electrons. The van der Waals surface area contributed by atoms with Crippen LogP contribution in [0, 0.1) is 11.3 Å². The quantitative estimate of drug-likeness (QED) is 0.828. The second-order valence-electron chi connectivity index (χ2n) is 7.29. The molecule has 0 saturated heterocycles. The number of hydrogen-bond donors (Lipinski definition) is 1. The Hall–Kier alpha value is -2.06. The highest BCUT2D eigenvalue weighted by Gasteiger charge is 2.35. The van der Waals surface area contributed by atoms with E-state index in [9.17, 15) is 10.1 Å². The lowest BCUT2D eigenvalue weighted by atomic mass is 9.83. The van der Waals surface area contributed by atoms with Crippen molar-refractivity contribution in [3.05, 3.63) is 29.8 Å². The predicted molar refractivity (Wildman–Crippen MR) is 96.0 cm³/mol. The second kappa shape index (κ2) is 7.88. The van der Waals surface area contributed by atoms with Crippen molar-refractivity contribution in [2.75, 3.05) is 13.7 Å². The summed E-state index contributed by atoms with van der Waals surface area (Å²) in [6.45, 7) is 1.11. The zero-order valence-corrected chi connectivity index (χ0v) is 15.0. The Labute approximate surface area is 150 Å². The van der Waals surface area contributed by atoms with Crippen LogP contribution in [0.4, 0.5) is 0 Å². The first kappa shape index (κ1) is 17.8. The van der Waals surface area contributed by atoms with Crippen molar-refractivity contribution in [3.8, 4) is 11.8 Å². The molecule has 0 aliphatic heterocycles. The van der Waals surface area contributed by atoms with Gasteiger partial charge in [-0.05, 0) is 43.4 Å². The summed E-state index contributed by atoms with van der Waals surface area (Å²) in [4.78, 5) is 14.8. The molecule has 2 aliphatic rings. The minimum Gasteiger partial charge on any atom is -0.497 e. The van der Waals surface area contributed by atoms with Gasteiger partial charge in [-0.15, -0.1) is 0 Å². The molecule has 0 aromatic heterocycles. The normalized spacial score (nSPS) is 19.2. The average Bonchev–Trinajstić information content (AvgIpc) is 3.47. The number of carbonyl (C=O) groups is 1. The van der Waals surface area contributed by atoms with Gasteiger partial charge in [-0.3, -0.25) is 9.69 Å². The smallest absolute Gasteiger partial charge is 0.235 e. The molecule has 3 rings (SSSR count). The summed E-state index contributed by atoms with van der Waals surface area (Å²) in [7, 11) is 1.66. The summed E-state index contributed by atoms with van der Waals surface area (Å²) >= 11 is 0. The fourth-order valence-electron chi connectivity index (χ4n) is 3.63. The molecule has 25 heavy (non-hydrogen) atoms. The lowest BCUT2D eigenvalue weighted by molar-refractivity contribution is -0.124. The van der Waals surface area contributed by atoms with Crippen LogP contribution in [0.5, 0.6) is 5.75 Å². The van der Waals surface area contributed by atoms with E-state index in [1.54, 1.807) is 7.11 Å². The van der Waals surface area contributed by atoms with Gasteiger partial charge in [0.25, 0.3) is 0 Å². The number of benzene rings is 1. The Morgan fingerprint density at radius 1 is 1.28 bits per heavy atom. The van der Waals surface area contributed by atoms with Gasteiger partial charge < -0.3 is 10.1 Å². The van der Waals surface area contributed by atoms with Crippen LogP contribution in [-0.4, -0.2) is 36.0 Å². The summed E-state index contributed by atoms with van der Waals surface area (Å²) in [6, 6.07) is 10.8. The standard InChI is InChI=1S/C20H27N3O2/c1-25-18-9-5-16(6-10-18)13-23(17-7-8-17)14-19(24)22-20(15-21)11-3-2-4-12-20/h5-6,9-10,17H,2-4,7-8,11-14H2,1H3,(H,22,24). The van der Waals surface area contributed by atoms with E-state index >= 15 is 0 Å². The molecule has 5 nitrogen and oxygen atoms in total. The summed E-state index contributed by atoms with van der Waals surface area (Å²) in [5.41, 5.74) is 0.526. The molecule has 1 aromatic carbocycles. The Morgan fingerprint density at radius 3 is 2.52 bits per heavy atom. The van der Waals surface area contributed by atoms with Gasteiger partial charge in [-0.2, -0.15) is 5.26 Å². The first-order valence-corrected chi connectivity index (χ1v) is 9.23. The van der Waals surface area contributed by atoms with E-state index in [1.165, 1.54) is 5.56 Å². The second-order valence-corrected chi connectivity index (χ2v) is 7.29. The number of methoxy groups -OCH3 is 1. The maximum atomic E-state index is 12.6. The fraction of sp³-hybridized carbons (Fsp3) is 0.600. The van der Waals surface area contributed by atoms with Gasteiger partial charge in [0.1, 0.15) is 11.3 Å². The predicted octanol–water partition coefficient (Wildman–Crippen LogP) is 3.00. The molecule has 1 amide bonds. The van der Waals surface area contributed by atoms with E-state index in [0.29, 0.717) is 12.6 Å². The molecule has 0 atom stereocenters. The highest BCUT2D eigenvalue weighted by Crippen LogP contribution is 2.30. The number of carbonyl (C=O) groups excluding carboxylic acids is 1. The van der Waals surface area contributed by atoms with Crippen LogP contribution in [0.1, 0.15) is 50.5 Å². The average molecular weight is 341 g/mol. The largest absolute Gasteiger partial charge is 0.497 e. The Morgan fingerprint density at radius 2 is 1.96 bits per heavy atom. The number of hydrogen-bond acceptors (Lipinski definition) is 4. The van der Waals surface area contributed by atoms with Crippen LogP contribution >= 0.6 is 0 Å². The minimum atomic E-state index is -0.648. The van der Waals surface area contributed by atoms with Crippen LogP contribution in [0.15, 0.2) is 24.3 Å². The Kier molecular flexibility index (Phi) is 5.60. The fourth-order valence-corrected chi connectivity index (χ4v) is 3.63. The van der Waals surface area contributed by atoms with Crippen molar-refractivity contribution >= 4 is 5.91 Å². The monoisotopic (exact) mass is 341 g/mol. The molecule has 0 spiro atoms. The zero-order valence-electron chi connectivity index (χ0n) is 15.0. The van der Waals surface area contributed by atoms with Crippen LogP contribution in [0.2, 0.25) is 0 Å². The third-order valence-electron chi connectivity index (χ3n) is 5.25. The van der Waals surface area contributed by atoms with Crippen molar-refractivity contribution in [2.45, 2.75) is 63.1 Å². The molecule has 2 aliphatic carbocycles. The first-order chi connectivity index (χ1) is 12.1. The molecular weight excluding hydrogens is 314 g/mol. The Bertz CT molecular complexity index is 625. The van der Waals surface area contributed by atoms with Crippen molar-refractivity contribution in [2.24, 2.45) is 0 Å². The summed E-state index contributed by atoms with van der Waals surface area (Å²) in [6.07, 6.45) is 7.04. The minimum absolute atomic E-state index is 0.0242. The van der Waals surface area contributed by atoms with Gasteiger partial charge in [0, 0.05) is 12.6 Å². The van der Waals surface area contributed by atoms with Crippen LogP contribution in [-0.2, 0) is 11.3 Å². The molecule has 2 saturated carbocycles. The van der Waals surface area contributed by atoms with E-state index in [4.69, 9.17) is 4.74 Å². The van der Waals surface area contributed by atoms with Crippen molar-refractivity contribution < 1.29 is 9.53 Å². The number of nitriles is 1. The number of ether oxygens (including phenoxy) is 1. The van der Waals surface area contributed by atoms with E-state index < -0.39 is 5.54 Å². The zero-order chi connectivity index (χ0) is 17.7. The molecule has 1 N–H and O–H groups in total. The van der Waals surface area contributed by atoms with Gasteiger partial charge in [0.2, 0.25) is 5.91 Å². The van der Waals surface area contributed by atoms with E-state index in [-0.39, 0.29) is 5.91 Å². The van der Waals surface area contributed by atoms with Crippen molar-refractivity contribution in [1.29, 1.82) is 5.26 Å². The molecule has 2 fully saturated rings. The van der Waals surface area contributed by atoms with Gasteiger partial charge in [-0.25, -0.2) is 0 Å². The van der Waals surface area contributed by atoms with E-state index in [1.807, 2.05) is 24.3 Å². The summed E-state index contributed by atoms with van der Waals surface area (Å²) < 4.78 is 5.20. The molecular formula is C20H27N3O2. The topological polar surface area (TPSA) is 65.4 Å². The summed E-state index contributed by atoms with van der Waals surface area (Å²) in [5.74, 6) is 0.816. The molecule has 0 heterocycles. The SMILES string of the molecule is COc1ccc(CN(CC(=O)NC2(C#N)CCCCC2)C2CC2)cc1. The molecule has 0 unspecified atom stereocenters. The number of amides is 1. The van der Waals surface area contributed by atoms with Crippen LogP contribution in [0.3, 0.4) is 0 Å². The van der Waals surface area contributed by atoms with Gasteiger partial charge >= 0.3 is 0 Å². The summed E-state index contributed by atoms with van der Waals surface area (Å²) in [5, 5.41) is 12.6. The molecule has 5 heteroatoms. The lowest BCUT2D eigenvalue weighted by Crippen LogP contribution is -2.51. The molecule has 0 bridgehead atoms. The van der Waals surface area contributed by atoms with Gasteiger partial charge in [0.15, 0.2) is 0 Å². The third-order valence-corrected chi connectivity index (χ3v) is 5.25. The number of nitrogens with zero attached hydrogens (tertiary/aromatic N) is 2. The lowest BCUT2D eigenvalue weighted by Gasteiger charge is -2.32. The van der Waals surface area contributed by atoms with Crippen molar-refractivity contribution in [1.82, 2.24) is 10.2 Å². The number of rotatable bonds is 7.